The maximum absolute atomic E-state index is 5.78. The minimum Gasteiger partial charge on any atom is -0.374 e. The lowest BCUT2D eigenvalue weighted by Crippen LogP contribution is -2.28. The van der Waals surface area contributed by atoms with Crippen LogP contribution in [0.1, 0.15) is 17.2 Å². The van der Waals surface area contributed by atoms with Crippen LogP contribution in [0, 0.1) is 12.3 Å². The van der Waals surface area contributed by atoms with E-state index < -0.39 is 0 Å². The minimum atomic E-state index is 0.155. The number of nitrogens with one attached hydrogen (secondary N) is 1. The lowest BCUT2D eigenvalue weighted by atomic mass is 10.0. The molecule has 0 aliphatic carbocycles. The summed E-state index contributed by atoms with van der Waals surface area (Å²) in [5.74, 6) is 2.59. The molecule has 90 valence electrons. The molecule has 1 aliphatic rings. The molecule has 0 bridgehead atoms. The molecular formula is C14H19N3. The third kappa shape index (κ3) is 2.44. The molecule has 0 radical (unpaired) electrons. The van der Waals surface area contributed by atoms with E-state index in [1.807, 2.05) is 0 Å². The Labute approximate surface area is 103 Å². The van der Waals surface area contributed by atoms with Crippen molar-refractivity contribution >= 4 is 5.69 Å². The van der Waals surface area contributed by atoms with Gasteiger partial charge in [0.2, 0.25) is 0 Å². The Balaban J connectivity index is 2.19. The van der Waals surface area contributed by atoms with Crippen molar-refractivity contribution in [2.45, 2.75) is 12.5 Å². The summed E-state index contributed by atoms with van der Waals surface area (Å²) < 4.78 is 0. The molecule has 0 aromatic heterocycles. The molecule has 1 aliphatic heterocycles. The van der Waals surface area contributed by atoms with Gasteiger partial charge in [-0.15, -0.1) is 6.42 Å². The Morgan fingerprint density at radius 2 is 2.41 bits per heavy atom. The number of fused-ring (bicyclic) bond motifs is 1. The fourth-order valence-electron chi connectivity index (χ4n) is 2.32. The highest BCUT2D eigenvalue weighted by molar-refractivity contribution is 5.58. The Morgan fingerprint density at radius 3 is 3.12 bits per heavy atom. The van der Waals surface area contributed by atoms with Crippen LogP contribution in [-0.4, -0.2) is 26.7 Å². The summed E-state index contributed by atoms with van der Waals surface area (Å²) in [5, 5.41) is 3.26. The van der Waals surface area contributed by atoms with Gasteiger partial charge >= 0.3 is 0 Å². The van der Waals surface area contributed by atoms with Crippen LogP contribution in [0.5, 0.6) is 0 Å². The fraction of sp³-hybridized carbons (Fsp3) is 0.429. The van der Waals surface area contributed by atoms with Gasteiger partial charge in [-0.05, 0) is 23.6 Å². The molecule has 1 atom stereocenters. The molecule has 3 heteroatoms. The SMILES string of the molecule is C#CCNC(CN)c1ccc2c(c1)CCN2C. The topological polar surface area (TPSA) is 41.3 Å². The van der Waals surface area contributed by atoms with Crippen molar-refractivity contribution in [3.63, 3.8) is 0 Å². The summed E-state index contributed by atoms with van der Waals surface area (Å²) in [7, 11) is 2.13. The standard InChI is InChI=1S/C14H19N3/c1-3-7-16-13(10-15)11-4-5-14-12(9-11)6-8-17(14)2/h1,4-5,9,13,16H,6-8,10,15H2,2H3. The van der Waals surface area contributed by atoms with Gasteiger partial charge in [-0.25, -0.2) is 0 Å². The maximum Gasteiger partial charge on any atom is 0.0578 e. The lowest BCUT2D eigenvalue weighted by Gasteiger charge is -2.18. The first-order valence-electron chi connectivity index (χ1n) is 5.97. The van der Waals surface area contributed by atoms with E-state index in [1.165, 1.54) is 16.8 Å². The number of terminal acetylenes is 1. The highest BCUT2D eigenvalue weighted by atomic mass is 15.1. The number of nitrogens with two attached hydrogens (primary N) is 1. The van der Waals surface area contributed by atoms with Crippen molar-refractivity contribution in [1.82, 2.24) is 5.32 Å². The van der Waals surface area contributed by atoms with E-state index in [0.717, 1.165) is 13.0 Å². The number of hydrogen-bond donors (Lipinski definition) is 2. The van der Waals surface area contributed by atoms with Crippen LogP contribution in [0.4, 0.5) is 5.69 Å². The van der Waals surface area contributed by atoms with Gasteiger partial charge in [0.1, 0.15) is 0 Å². The van der Waals surface area contributed by atoms with E-state index in [4.69, 9.17) is 12.2 Å². The molecule has 2 rings (SSSR count). The molecule has 0 amide bonds. The molecule has 1 heterocycles. The average molecular weight is 229 g/mol. The van der Waals surface area contributed by atoms with Crippen molar-refractivity contribution in [2.75, 3.05) is 31.6 Å². The third-order valence-electron chi connectivity index (χ3n) is 3.32. The van der Waals surface area contributed by atoms with Crippen molar-refractivity contribution in [3.8, 4) is 12.3 Å². The number of anilines is 1. The zero-order valence-corrected chi connectivity index (χ0v) is 10.2. The first kappa shape index (κ1) is 12.0. The summed E-state index contributed by atoms with van der Waals surface area (Å²) in [6, 6.07) is 6.72. The van der Waals surface area contributed by atoms with Crippen LogP contribution >= 0.6 is 0 Å². The van der Waals surface area contributed by atoms with Crippen LogP contribution < -0.4 is 16.0 Å². The van der Waals surface area contributed by atoms with E-state index in [2.05, 4.69) is 41.4 Å². The number of nitrogens with zero attached hydrogens (tertiary/aromatic N) is 1. The van der Waals surface area contributed by atoms with Crippen molar-refractivity contribution in [3.05, 3.63) is 29.3 Å². The van der Waals surface area contributed by atoms with E-state index in [1.54, 1.807) is 0 Å². The number of hydrogen-bond acceptors (Lipinski definition) is 3. The van der Waals surface area contributed by atoms with Gasteiger partial charge in [0.15, 0.2) is 0 Å². The molecule has 0 saturated heterocycles. The van der Waals surface area contributed by atoms with E-state index in [0.29, 0.717) is 13.1 Å². The first-order valence-corrected chi connectivity index (χ1v) is 5.97. The summed E-state index contributed by atoms with van der Waals surface area (Å²) in [4.78, 5) is 2.28. The lowest BCUT2D eigenvalue weighted by molar-refractivity contribution is 0.582. The van der Waals surface area contributed by atoms with Gasteiger partial charge in [0, 0.05) is 31.9 Å². The van der Waals surface area contributed by atoms with Gasteiger partial charge in [-0.3, -0.25) is 5.32 Å². The van der Waals surface area contributed by atoms with Crippen LogP contribution in [0.3, 0.4) is 0 Å². The molecule has 0 fully saturated rings. The van der Waals surface area contributed by atoms with E-state index >= 15 is 0 Å². The third-order valence-corrected chi connectivity index (χ3v) is 3.32. The fourth-order valence-corrected chi connectivity index (χ4v) is 2.32. The molecule has 3 N–H and O–H groups in total. The van der Waals surface area contributed by atoms with Crippen LogP contribution in [0.15, 0.2) is 18.2 Å². The molecule has 3 nitrogen and oxygen atoms in total. The summed E-state index contributed by atoms with van der Waals surface area (Å²) in [6.45, 7) is 2.22. The van der Waals surface area contributed by atoms with Crippen molar-refractivity contribution < 1.29 is 0 Å². The first-order chi connectivity index (χ1) is 8.26. The molecular weight excluding hydrogens is 210 g/mol. The van der Waals surface area contributed by atoms with Crippen LogP contribution in [0.25, 0.3) is 0 Å². The Hall–Kier alpha value is -1.50. The highest BCUT2D eigenvalue weighted by Crippen LogP contribution is 2.29. The van der Waals surface area contributed by atoms with Gasteiger partial charge in [0.25, 0.3) is 0 Å². The second kappa shape index (κ2) is 5.22. The van der Waals surface area contributed by atoms with E-state index in [9.17, 15) is 0 Å². The predicted molar refractivity (Wildman–Crippen MR) is 72.0 cm³/mol. The highest BCUT2D eigenvalue weighted by Gasteiger charge is 2.17. The Kier molecular flexibility index (Phi) is 3.68. The van der Waals surface area contributed by atoms with Gasteiger partial charge < -0.3 is 10.6 Å². The molecule has 1 unspecified atom stereocenters. The Morgan fingerprint density at radius 1 is 1.59 bits per heavy atom. The zero-order chi connectivity index (χ0) is 12.3. The predicted octanol–water partition coefficient (Wildman–Crippen LogP) is 0.901. The van der Waals surface area contributed by atoms with Gasteiger partial charge in [-0.2, -0.15) is 0 Å². The van der Waals surface area contributed by atoms with Crippen LogP contribution in [-0.2, 0) is 6.42 Å². The normalized spacial score (nSPS) is 15.5. The van der Waals surface area contributed by atoms with E-state index in [-0.39, 0.29) is 6.04 Å². The second-order valence-corrected chi connectivity index (χ2v) is 4.43. The largest absolute Gasteiger partial charge is 0.374 e. The van der Waals surface area contributed by atoms with Crippen molar-refractivity contribution in [2.24, 2.45) is 5.73 Å². The number of rotatable bonds is 4. The summed E-state index contributed by atoms with van der Waals surface area (Å²) in [6.07, 6.45) is 6.38. The molecule has 1 aromatic rings. The summed E-state index contributed by atoms with van der Waals surface area (Å²) >= 11 is 0. The quantitative estimate of drug-likeness (QED) is 0.754. The smallest absolute Gasteiger partial charge is 0.0578 e. The number of likely N-dealkylation sites (N-methyl/N-ethyl adjacent to an activating group) is 1. The molecule has 0 spiro atoms. The summed E-state index contributed by atoms with van der Waals surface area (Å²) in [5.41, 5.74) is 9.75. The molecule has 1 aromatic carbocycles. The van der Waals surface area contributed by atoms with Gasteiger partial charge in [-0.1, -0.05) is 18.1 Å². The molecule has 17 heavy (non-hydrogen) atoms. The Bertz CT molecular complexity index is 434. The minimum absolute atomic E-state index is 0.155. The molecule has 0 saturated carbocycles. The second-order valence-electron chi connectivity index (χ2n) is 4.43. The van der Waals surface area contributed by atoms with Crippen molar-refractivity contribution in [1.29, 1.82) is 0 Å². The van der Waals surface area contributed by atoms with Crippen LogP contribution in [0.2, 0.25) is 0 Å². The number of benzene rings is 1. The average Bonchev–Trinajstić information content (AvgIpc) is 2.72. The maximum atomic E-state index is 5.78. The van der Waals surface area contributed by atoms with Gasteiger partial charge in [0.05, 0.1) is 6.54 Å². The monoisotopic (exact) mass is 229 g/mol. The zero-order valence-electron chi connectivity index (χ0n) is 10.2.